The molecule has 2 aliphatic heterocycles. The van der Waals surface area contributed by atoms with Crippen LogP contribution in [-0.2, 0) is 14.2 Å². The number of benzene rings is 2. The lowest BCUT2D eigenvalue weighted by atomic mass is 10.0. The highest BCUT2D eigenvalue weighted by Gasteiger charge is 2.29. The molecule has 3 N–H and O–H groups in total. The molecular formula is C26H34FN3O4. The van der Waals surface area contributed by atoms with Gasteiger partial charge in [-0.25, -0.2) is 9.18 Å². The first kappa shape index (κ1) is 24.3. The Morgan fingerprint density at radius 1 is 1.18 bits per heavy atom. The maximum absolute atomic E-state index is 13.6. The summed E-state index contributed by atoms with van der Waals surface area (Å²) in [5, 5.41) is 2.77. The van der Waals surface area contributed by atoms with E-state index in [-0.39, 0.29) is 18.2 Å². The van der Waals surface area contributed by atoms with Crippen molar-refractivity contribution in [1.82, 2.24) is 0 Å². The van der Waals surface area contributed by atoms with Gasteiger partial charge in [0.1, 0.15) is 11.4 Å². The van der Waals surface area contributed by atoms with Crippen molar-refractivity contribution < 1.29 is 23.4 Å². The van der Waals surface area contributed by atoms with Crippen molar-refractivity contribution in [2.45, 2.75) is 64.4 Å². The molecule has 2 fully saturated rings. The third-order valence-electron chi connectivity index (χ3n) is 5.93. The number of amides is 1. The number of nitrogens with zero attached hydrogens (tertiary/aromatic N) is 1. The quantitative estimate of drug-likeness (QED) is 0.557. The van der Waals surface area contributed by atoms with Gasteiger partial charge in [-0.1, -0.05) is 12.1 Å². The van der Waals surface area contributed by atoms with Crippen LogP contribution in [0, 0.1) is 5.82 Å². The second-order valence-corrected chi connectivity index (χ2v) is 9.88. The molecule has 2 aromatic rings. The van der Waals surface area contributed by atoms with Crippen LogP contribution in [0.4, 0.5) is 26.2 Å². The topological polar surface area (TPSA) is 86.0 Å². The number of anilines is 3. The zero-order valence-electron chi connectivity index (χ0n) is 20.1. The molecule has 4 rings (SSSR count). The van der Waals surface area contributed by atoms with Crippen molar-refractivity contribution in [3.8, 4) is 11.1 Å². The van der Waals surface area contributed by atoms with E-state index < -0.39 is 11.7 Å². The van der Waals surface area contributed by atoms with E-state index in [1.54, 1.807) is 32.9 Å². The Morgan fingerprint density at radius 3 is 2.62 bits per heavy atom. The molecule has 2 aliphatic rings. The van der Waals surface area contributed by atoms with Crippen molar-refractivity contribution in [3.63, 3.8) is 0 Å². The molecule has 0 spiro atoms. The van der Waals surface area contributed by atoms with Crippen LogP contribution in [0.1, 0.15) is 46.5 Å². The van der Waals surface area contributed by atoms with Crippen LogP contribution < -0.4 is 16.0 Å². The Kier molecular flexibility index (Phi) is 7.28. The van der Waals surface area contributed by atoms with Gasteiger partial charge in [0.25, 0.3) is 0 Å². The zero-order chi connectivity index (χ0) is 24.3. The molecule has 2 heterocycles. The molecule has 0 radical (unpaired) electrons. The van der Waals surface area contributed by atoms with Gasteiger partial charge in [-0.05, 0) is 76.3 Å². The highest BCUT2D eigenvalue weighted by Crippen LogP contribution is 2.39. The lowest BCUT2D eigenvalue weighted by molar-refractivity contribution is -0.183. The van der Waals surface area contributed by atoms with E-state index in [2.05, 4.69) is 10.2 Å². The fourth-order valence-corrected chi connectivity index (χ4v) is 4.34. The first-order valence-electron chi connectivity index (χ1n) is 11.9. The number of hydrogen-bond acceptors (Lipinski definition) is 6. The predicted molar refractivity (Wildman–Crippen MR) is 131 cm³/mol. The molecule has 1 unspecified atom stereocenters. The van der Waals surface area contributed by atoms with Crippen molar-refractivity contribution in [2.24, 2.45) is 0 Å². The molecule has 7 nitrogen and oxygen atoms in total. The SMILES string of the molecule is CC(C)(C)OC(=O)Nc1cc(N2CCC(O[C@@H]3CCCCO3)C2)c(-c2ccc(F)cc2)cc1N. The van der Waals surface area contributed by atoms with Gasteiger partial charge in [0, 0.05) is 30.9 Å². The van der Waals surface area contributed by atoms with Gasteiger partial charge in [-0.2, -0.15) is 0 Å². The summed E-state index contributed by atoms with van der Waals surface area (Å²) in [6, 6.07) is 9.99. The van der Waals surface area contributed by atoms with Gasteiger partial charge < -0.3 is 24.8 Å². The van der Waals surface area contributed by atoms with Gasteiger partial charge in [-0.15, -0.1) is 0 Å². The molecule has 0 saturated carbocycles. The van der Waals surface area contributed by atoms with Crippen LogP contribution in [0.3, 0.4) is 0 Å². The fourth-order valence-electron chi connectivity index (χ4n) is 4.34. The minimum atomic E-state index is -0.629. The van der Waals surface area contributed by atoms with E-state index in [1.807, 2.05) is 12.1 Å². The Morgan fingerprint density at radius 2 is 1.94 bits per heavy atom. The van der Waals surface area contributed by atoms with Crippen molar-refractivity contribution in [2.75, 3.05) is 35.6 Å². The van der Waals surface area contributed by atoms with E-state index >= 15 is 0 Å². The van der Waals surface area contributed by atoms with E-state index in [9.17, 15) is 9.18 Å². The van der Waals surface area contributed by atoms with Gasteiger partial charge in [0.15, 0.2) is 6.29 Å². The number of carbonyl (C=O) groups excluding carboxylic acids is 1. The van der Waals surface area contributed by atoms with E-state index in [1.165, 1.54) is 12.1 Å². The summed E-state index contributed by atoms with van der Waals surface area (Å²) < 4.78 is 30.9. The molecule has 2 saturated heterocycles. The van der Waals surface area contributed by atoms with Crippen LogP contribution in [-0.4, -0.2) is 43.8 Å². The number of hydrogen-bond donors (Lipinski definition) is 2. The van der Waals surface area contributed by atoms with Crippen LogP contribution in [0.25, 0.3) is 11.1 Å². The second kappa shape index (κ2) is 10.2. The number of carbonyl (C=O) groups is 1. The van der Waals surface area contributed by atoms with Crippen LogP contribution in [0.15, 0.2) is 36.4 Å². The summed E-state index contributed by atoms with van der Waals surface area (Å²) in [6.45, 7) is 7.62. The minimum Gasteiger partial charge on any atom is -0.444 e. The molecule has 0 aromatic heterocycles. The first-order valence-corrected chi connectivity index (χ1v) is 11.9. The van der Waals surface area contributed by atoms with Gasteiger partial charge in [-0.3, -0.25) is 5.32 Å². The van der Waals surface area contributed by atoms with E-state index in [0.29, 0.717) is 17.9 Å². The number of nitrogens with one attached hydrogen (secondary N) is 1. The summed E-state index contributed by atoms with van der Waals surface area (Å²) in [4.78, 5) is 14.6. The van der Waals surface area contributed by atoms with Crippen molar-refractivity contribution in [1.29, 1.82) is 0 Å². The molecule has 2 atom stereocenters. The van der Waals surface area contributed by atoms with E-state index in [0.717, 1.165) is 55.6 Å². The molecular weight excluding hydrogens is 437 g/mol. The highest BCUT2D eigenvalue weighted by molar-refractivity contribution is 5.94. The zero-order valence-corrected chi connectivity index (χ0v) is 20.1. The average molecular weight is 472 g/mol. The minimum absolute atomic E-state index is 0.0454. The van der Waals surface area contributed by atoms with Crippen molar-refractivity contribution in [3.05, 3.63) is 42.2 Å². The predicted octanol–water partition coefficient (Wildman–Crippen LogP) is 5.54. The lowest BCUT2D eigenvalue weighted by Crippen LogP contribution is -2.30. The highest BCUT2D eigenvalue weighted by atomic mass is 19.1. The standard InChI is InChI=1S/C26H34FN3O4/c1-26(2,3)34-25(31)29-22-15-23(20(14-21(22)28)17-7-9-18(27)10-8-17)30-12-11-19(16-30)33-24-6-4-5-13-32-24/h7-10,14-15,19,24H,4-6,11-13,16,28H2,1-3H3,(H,29,31)/t19?,24-/m1/s1. The molecule has 34 heavy (non-hydrogen) atoms. The number of nitrogens with two attached hydrogens (primary N) is 1. The average Bonchev–Trinajstić information content (AvgIpc) is 3.23. The van der Waals surface area contributed by atoms with Gasteiger partial charge >= 0.3 is 6.09 Å². The summed E-state index contributed by atoms with van der Waals surface area (Å²) in [5.41, 5.74) is 9.15. The Balaban J connectivity index is 1.60. The van der Waals surface area contributed by atoms with Crippen LogP contribution >= 0.6 is 0 Å². The number of halogens is 1. The third-order valence-corrected chi connectivity index (χ3v) is 5.93. The summed E-state index contributed by atoms with van der Waals surface area (Å²) in [5.74, 6) is -0.302. The van der Waals surface area contributed by atoms with E-state index in [4.69, 9.17) is 19.9 Å². The van der Waals surface area contributed by atoms with Crippen LogP contribution in [0.5, 0.6) is 0 Å². The maximum Gasteiger partial charge on any atom is 0.412 e. The monoisotopic (exact) mass is 471 g/mol. The third kappa shape index (κ3) is 6.18. The smallest absolute Gasteiger partial charge is 0.412 e. The first-order chi connectivity index (χ1) is 16.2. The van der Waals surface area contributed by atoms with Gasteiger partial charge in [0.2, 0.25) is 0 Å². The summed E-state index contributed by atoms with van der Waals surface area (Å²) >= 11 is 0. The van der Waals surface area contributed by atoms with Gasteiger partial charge in [0.05, 0.1) is 17.5 Å². The summed E-state index contributed by atoms with van der Waals surface area (Å²) in [6.07, 6.45) is 3.31. The van der Waals surface area contributed by atoms with Crippen molar-refractivity contribution >= 4 is 23.2 Å². The molecule has 8 heteroatoms. The Hall–Kier alpha value is -2.84. The number of rotatable bonds is 5. The Labute approximate surface area is 200 Å². The molecule has 184 valence electrons. The molecule has 0 bridgehead atoms. The normalized spacial score (nSPS) is 20.9. The van der Waals surface area contributed by atoms with Crippen LogP contribution in [0.2, 0.25) is 0 Å². The molecule has 1 amide bonds. The molecule has 2 aromatic carbocycles. The number of ether oxygens (including phenoxy) is 3. The summed E-state index contributed by atoms with van der Waals surface area (Å²) in [7, 11) is 0. The molecule has 0 aliphatic carbocycles. The largest absolute Gasteiger partial charge is 0.444 e. The lowest BCUT2D eigenvalue weighted by Gasteiger charge is -2.27. The maximum atomic E-state index is 13.6. The second-order valence-electron chi connectivity index (χ2n) is 9.88. The fraction of sp³-hybridized carbons (Fsp3) is 0.500. The Bertz CT molecular complexity index is 1000. The number of nitrogen functional groups attached to an aromatic ring is 1.